The second kappa shape index (κ2) is 9.53. The molecule has 162 valence electrons. The third-order valence-corrected chi connectivity index (χ3v) is 5.20. The number of amides is 1. The molecule has 2 heterocycles. The summed E-state index contributed by atoms with van der Waals surface area (Å²) < 4.78 is 11.5. The second-order valence-corrected chi connectivity index (χ2v) is 7.63. The van der Waals surface area contributed by atoms with Crippen LogP contribution in [0.4, 0.5) is 5.00 Å². The van der Waals surface area contributed by atoms with E-state index in [2.05, 4.69) is 10.4 Å². The van der Waals surface area contributed by atoms with Gasteiger partial charge in [-0.15, -0.1) is 11.3 Å². The molecule has 2 rings (SSSR count). The van der Waals surface area contributed by atoms with E-state index >= 15 is 0 Å². The minimum atomic E-state index is -1.17. The Bertz CT molecular complexity index is 977. The van der Waals surface area contributed by atoms with E-state index in [0.717, 1.165) is 17.5 Å². The maximum absolute atomic E-state index is 12.7. The molecular formula is C19H23N3O7S. The highest BCUT2D eigenvalue weighted by Gasteiger charge is 2.29. The number of carboxylic acid groups (broad SMARTS) is 1. The lowest BCUT2D eigenvalue weighted by atomic mass is 10.1. The van der Waals surface area contributed by atoms with Crippen molar-refractivity contribution in [1.82, 2.24) is 9.78 Å². The van der Waals surface area contributed by atoms with Gasteiger partial charge in [-0.2, -0.15) is 5.10 Å². The van der Waals surface area contributed by atoms with Crippen LogP contribution in [0.25, 0.3) is 0 Å². The first-order chi connectivity index (χ1) is 14.1. The molecule has 1 atom stereocenters. The summed E-state index contributed by atoms with van der Waals surface area (Å²) in [6.07, 6.45) is 1.96. The van der Waals surface area contributed by atoms with Gasteiger partial charge in [0.1, 0.15) is 15.9 Å². The third kappa shape index (κ3) is 5.03. The van der Waals surface area contributed by atoms with Gasteiger partial charge in [0.25, 0.3) is 0 Å². The van der Waals surface area contributed by atoms with Crippen molar-refractivity contribution in [3.8, 4) is 0 Å². The fraction of sp³-hybridized carbons (Fsp3) is 0.421. The molecule has 2 aromatic rings. The number of aromatic carboxylic acids is 1. The van der Waals surface area contributed by atoms with E-state index < -0.39 is 36.0 Å². The molecule has 2 N–H and O–H groups in total. The van der Waals surface area contributed by atoms with Gasteiger partial charge in [0.2, 0.25) is 5.91 Å². The first-order valence-corrected chi connectivity index (χ1v) is 9.98. The maximum atomic E-state index is 12.7. The summed E-state index contributed by atoms with van der Waals surface area (Å²) in [4.78, 5) is 48.7. The molecule has 11 heteroatoms. The molecule has 0 aliphatic rings. The van der Waals surface area contributed by atoms with Crippen molar-refractivity contribution >= 4 is 40.2 Å². The number of hydrogen-bond acceptors (Lipinski definition) is 8. The third-order valence-electron chi connectivity index (χ3n) is 4.02. The van der Waals surface area contributed by atoms with Crippen LogP contribution in [-0.4, -0.2) is 51.4 Å². The van der Waals surface area contributed by atoms with Crippen LogP contribution in [0, 0.1) is 6.92 Å². The number of carbonyl (C=O) groups excluding carboxylic acids is 3. The summed E-state index contributed by atoms with van der Waals surface area (Å²) in [5.41, 5.74) is 0.357. The summed E-state index contributed by atoms with van der Waals surface area (Å²) in [5, 5.41) is 15.7. The van der Waals surface area contributed by atoms with Gasteiger partial charge in [-0.25, -0.2) is 14.4 Å². The summed E-state index contributed by atoms with van der Waals surface area (Å²) in [6.45, 7) is 8.28. The number of carboxylic acids is 1. The minimum absolute atomic E-state index is 0.0626. The molecule has 0 aliphatic heterocycles. The van der Waals surface area contributed by atoms with Crippen LogP contribution in [0.1, 0.15) is 69.7 Å². The standard InChI is InChI=1S/C19H23N3O7S/c1-6-28-19(27)14-10(4)13(18(26)29-9(2)3)16(30-14)21-15(23)11(5)22-8-12(7-20-22)17(24)25/h7-9,11H,6H2,1-5H3,(H,21,23)(H,24,25). The first kappa shape index (κ1) is 23.1. The predicted octanol–water partition coefficient (Wildman–Crippen LogP) is 2.89. The van der Waals surface area contributed by atoms with E-state index in [9.17, 15) is 19.2 Å². The molecule has 0 saturated heterocycles. The van der Waals surface area contributed by atoms with Gasteiger partial charge in [0.15, 0.2) is 0 Å². The number of nitrogens with one attached hydrogen (secondary N) is 1. The zero-order valence-corrected chi connectivity index (χ0v) is 18.0. The number of aromatic nitrogens is 2. The highest BCUT2D eigenvalue weighted by molar-refractivity contribution is 7.18. The van der Waals surface area contributed by atoms with Crippen molar-refractivity contribution in [2.24, 2.45) is 0 Å². The van der Waals surface area contributed by atoms with E-state index in [4.69, 9.17) is 14.6 Å². The minimum Gasteiger partial charge on any atom is -0.478 e. The molecule has 0 fully saturated rings. The Kier molecular flexibility index (Phi) is 7.33. The molecule has 10 nitrogen and oxygen atoms in total. The van der Waals surface area contributed by atoms with Gasteiger partial charge in [0.05, 0.1) is 30.0 Å². The van der Waals surface area contributed by atoms with E-state index in [-0.39, 0.29) is 27.6 Å². The van der Waals surface area contributed by atoms with Gasteiger partial charge in [-0.3, -0.25) is 9.48 Å². The number of hydrogen-bond donors (Lipinski definition) is 2. The first-order valence-electron chi connectivity index (χ1n) is 9.16. The summed E-state index contributed by atoms with van der Waals surface area (Å²) >= 11 is 0.910. The summed E-state index contributed by atoms with van der Waals surface area (Å²) in [7, 11) is 0. The van der Waals surface area contributed by atoms with Gasteiger partial charge in [0, 0.05) is 6.20 Å². The molecule has 2 aromatic heterocycles. The number of anilines is 1. The smallest absolute Gasteiger partial charge is 0.348 e. The van der Waals surface area contributed by atoms with Crippen LogP contribution in [0.15, 0.2) is 12.4 Å². The molecule has 1 unspecified atom stereocenters. The predicted molar refractivity (Wildman–Crippen MR) is 108 cm³/mol. The number of ether oxygens (including phenoxy) is 2. The summed E-state index contributed by atoms with van der Waals surface area (Å²) in [6, 6.07) is -0.875. The summed E-state index contributed by atoms with van der Waals surface area (Å²) in [5.74, 6) is -3.00. The van der Waals surface area contributed by atoms with Crippen molar-refractivity contribution in [1.29, 1.82) is 0 Å². The quantitative estimate of drug-likeness (QED) is 0.602. The SMILES string of the molecule is CCOC(=O)c1sc(NC(=O)C(C)n2cc(C(=O)O)cn2)c(C(=O)OC(C)C)c1C. The van der Waals surface area contributed by atoms with E-state index in [1.807, 2.05) is 0 Å². The number of rotatable bonds is 8. The topological polar surface area (TPSA) is 137 Å². The van der Waals surface area contributed by atoms with E-state index in [1.165, 1.54) is 17.8 Å². The molecule has 1 amide bonds. The normalized spacial score (nSPS) is 11.8. The average Bonchev–Trinajstić information content (AvgIpc) is 3.26. The van der Waals surface area contributed by atoms with Crippen LogP contribution in [0.5, 0.6) is 0 Å². The highest BCUT2D eigenvalue weighted by atomic mass is 32.1. The van der Waals surface area contributed by atoms with Gasteiger partial charge in [-0.05, 0) is 40.2 Å². The fourth-order valence-electron chi connectivity index (χ4n) is 2.51. The average molecular weight is 437 g/mol. The number of carbonyl (C=O) groups is 4. The van der Waals surface area contributed by atoms with Crippen LogP contribution in [-0.2, 0) is 14.3 Å². The van der Waals surface area contributed by atoms with Crippen LogP contribution < -0.4 is 5.32 Å². The monoisotopic (exact) mass is 437 g/mol. The van der Waals surface area contributed by atoms with Crippen LogP contribution in [0.2, 0.25) is 0 Å². The molecule has 0 aliphatic carbocycles. The van der Waals surface area contributed by atoms with Crippen LogP contribution in [0.3, 0.4) is 0 Å². The second-order valence-electron chi connectivity index (χ2n) is 6.61. The van der Waals surface area contributed by atoms with Gasteiger partial charge in [-0.1, -0.05) is 0 Å². The lowest BCUT2D eigenvalue weighted by Crippen LogP contribution is -2.25. The lowest BCUT2D eigenvalue weighted by molar-refractivity contribution is -0.119. The van der Waals surface area contributed by atoms with Gasteiger partial charge < -0.3 is 19.9 Å². The largest absolute Gasteiger partial charge is 0.478 e. The Balaban J connectivity index is 2.36. The lowest BCUT2D eigenvalue weighted by Gasteiger charge is -2.13. The van der Waals surface area contributed by atoms with Crippen LogP contribution >= 0.6 is 11.3 Å². The Morgan fingerprint density at radius 1 is 1.23 bits per heavy atom. The van der Waals surface area contributed by atoms with Crippen molar-refractivity contribution in [3.05, 3.63) is 34.0 Å². The van der Waals surface area contributed by atoms with Crippen molar-refractivity contribution in [2.45, 2.75) is 46.8 Å². The Labute approximate surface area is 176 Å². The molecule has 0 spiro atoms. The van der Waals surface area contributed by atoms with Gasteiger partial charge >= 0.3 is 17.9 Å². The van der Waals surface area contributed by atoms with E-state index in [1.54, 1.807) is 27.7 Å². The number of thiophene rings is 1. The zero-order valence-electron chi connectivity index (χ0n) is 17.2. The highest BCUT2D eigenvalue weighted by Crippen LogP contribution is 2.35. The Morgan fingerprint density at radius 2 is 1.90 bits per heavy atom. The number of esters is 2. The Morgan fingerprint density at radius 3 is 2.43 bits per heavy atom. The molecular weight excluding hydrogens is 414 g/mol. The molecule has 30 heavy (non-hydrogen) atoms. The molecule has 0 bridgehead atoms. The van der Waals surface area contributed by atoms with Crippen molar-refractivity contribution in [3.63, 3.8) is 0 Å². The molecule has 0 saturated carbocycles. The Hall–Kier alpha value is -3.21. The fourth-order valence-corrected chi connectivity index (χ4v) is 3.60. The molecule has 0 radical (unpaired) electrons. The van der Waals surface area contributed by atoms with E-state index in [0.29, 0.717) is 5.56 Å². The maximum Gasteiger partial charge on any atom is 0.348 e. The van der Waals surface area contributed by atoms with Crippen molar-refractivity contribution < 1.29 is 33.8 Å². The zero-order chi connectivity index (χ0) is 22.6. The van der Waals surface area contributed by atoms with Crippen molar-refractivity contribution in [2.75, 3.05) is 11.9 Å². The number of nitrogens with zero attached hydrogens (tertiary/aromatic N) is 2. The molecule has 0 aromatic carbocycles.